The van der Waals surface area contributed by atoms with Gasteiger partial charge in [0, 0.05) is 11.6 Å². The van der Waals surface area contributed by atoms with Crippen molar-refractivity contribution in [3.05, 3.63) is 29.3 Å². The predicted octanol–water partition coefficient (Wildman–Crippen LogP) is 2.45. The number of methoxy groups -OCH3 is 1. The zero-order valence-electron chi connectivity index (χ0n) is 12.3. The molecule has 2 aliphatic carbocycles. The zero-order chi connectivity index (χ0) is 14.0. The molecule has 3 rings (SSSR count). The van der Waals surface area contributed by atoms with Crippen LogP contribution in [0.15, 0.2) is 18.2 Å². The van der Waals surface area contributed by atoms with Crippen molar-refractivity contribution in [1.29, 1.82) is 0 Å². The van der Waals surface area contributed by atoms with Crippen LogP contribution in [0.4, 0.5) is 0 Å². The van der Waals surface area contributed by atoms with E-state index >= 15 is 0 Å². The van der Waals surface area contributed by atoms with Gasteiger partial charge < -0.3 is 15.2 Å². The summed E-state index contributed by atoms with van der Waals surface area (Å²) in [4.78, 5) is 0. The van der Waals surface area contributed by atoms with Gasteiger partial charge in [-0.05, 0) is 55.4 Å². The van der Waals surface area contributed by atoms with E-state index in [4.69, 9.17) is 4.74 Å². The van der Waals surface area contributed by atoms with Gasteiger partial charge in [-0.3, -0.25) is 0 Å². The Labute approximate surface area is 121 Å². The molecule has 3 nitrogen and oxygen atoms in total. The Morgan fingerprint density at radius 3 is 2.80 bits per heavy atom. The molecule has 1 aromatic rings. The lowest BCUT2D eigenvalue weighted by Crippen LogP contribution is -2.52. The molecule has 0 radical (unpaired) electrons. The van der Waals surface area contributed by atoms with Gasteiger partial charge in [0.2, 0.25) is 0 Å². The van der Waals surface area contributed by atoms with Crippen LogP contribution in [0.3, 0.4) is 0 Å². The van der Waals surface area contributed by atoms with Gasteiger partial charge in [0.25, 0.3) is 0 Å². The first kappa shape index (κ1) is 13.9. The van der Waals surface area contributed by atoms with E-state index in [-0.39, 0.29) is 12.1 Å². The van der Waals surface area contributed by atoms with Gasteiger partial charge in [-0.2, -0.15) is 0 Å². The van der Waals surface area contributed by atoms with Crippen LogP contribution in [0, 0.1) is 0 Å². The third-order valence-corrected chi connectivity index (χ3v) is 5.02. The number of aryl methyl sites for hydroxylation is 1. The smallest absolute Gasteiger partial charge is 0.119 e. The van der Waals surface area contributed by atoms with Crippen molar-refractivity contribution in [3.63, 3.8) is 0 Å². The van der Waals surface area contributed by atoms with Crippen LogP contribution in [0.5, 0.6) is 5.75 Å². The van der Waals surface area contributed by atoms with E-state index in [1.165, 1.54) is 30.4 Å². The minimum atomic E-state index is -0.0129. The Kier molecular flexibility index (Phi) is 3.99. The lowest BCUT2D eigenvalue weighted by Gasteiger charge is -2.36. The van der Waals surface area contributed by atoms with Gasteiger partial charge in [0.05, 0.1) is 13.7 Å². The fourth-order valence-electron chi connectivity index (χ4n) is 3.82. The molecule has 0 saturated heterocycles. The number of hydrogen-bond donors (Lipinski definition) is 2. The SMILES string of the molecule is COc1ccc2c(c1)CC(NC1(CO)CCCC1)CC2. The quantitative estimate of drug-likeness (QED) is 0.887. The minimum Gasteiger partial charge on any atom is -0.497 e. The van der Waals surface area contributed by atoms with Gasteiger partial charge in [-0.1, -0.05) is 18.9 Å². The van der Waals surface area contributed by atoms with Crippen LogP contribution in [0.2, 0.25) is 0 Å². The molecule has 2 N–H and O–H groups in total. The molecule has 0 bridgehead atoms. The number of rotatable bonds is 4. The number of benzene rings is 1. The maximum Gasteiger partial charge on any atom is 0.119 e. The second kappa shape index (κ2) is 5.74. The molecule has 1 atom stereocenters. The summed E-state index contributed by atoms with van der Waals surface area (Å²) in [7, 11) is 1.72. The average molecular weight is 275 g/mol. The maximum atomic E-state index is 9.74. The van der Waals surface area contributed by atoms with Crippen LogP contribution in [-0.4, -0.2) is 30.4 Å². The van der Waals surface area contributed by atoms with Gasteiger partial charge in [-0.25, -0.2) is 0 Å². The predicted molar refractivity (Wildman–Crippen MR) is 80.2 cm³/mol. The Hall–Kier alpha value is -1.06. The molecule has 0 aromatic heterocycles. The Balaban J connectivity index is 1.71. The number of nitrogens with one attached hydrogen (secondary N) is 1. The largest absolute Gasteiger partial charge is 0.497 e. The normalized spacial score (nSPS) is 24.4. The summed E-state index contributed by atoms with van der Waals surface area (Å²) < 4.78 is 5.33. The fourth-order valence-corrected chi connectivity index (χ4v) is 3.82. The van der Waals surface area contributed by atoms with E-state index in [1.54, 1.807) is 7.11 Å². The first-order valence-electron chi connectivity index (χ1n) is 7.79. The summed E-state index contributed by atoms with van der Waals surface area (Å²) in [6.07, 6.45) is 8.05. The van der Waals surface area contributed by atoms with Crippen LogP contribution in [0.25, 0.3) is 0 Å². The standard InChI is InChI=1S/C17H25NO2/c1-20-16-7-5-13-4-6-15(10-14(13)11-16)18-17(12-19)8-2-3-9-17/h5,7,11,15,18-19H,2-4,6,8-10,12H2,1H3. The first-order valence-corrected chi connectivity index (χ1v) is 7.79. The van der Waals surface area contributed by atoms with Gasteiger partial charge in [0.1, 0.15) is 5.75 Å². The van der Waals surface area contributed by atoms with Gasteiger partial charge >= 0.3 is 0 Å². The molecule has 110 valence electrons. The highest BCUT2D eigenvalue weighted by atomic mass is 16.5. The molecule has 20 heavy (non-hydrogen) atoms. The summed E-state index contributed by atoms with van der Waals surface area (Å²) in [5, 5.41) is 13.5. The van der Waals surface area contributed by atoms with Crippen molar-refractivity contribution in [2.24, 2.45) is 0 Å². The van der Waals surface area contributed by atoms with E-state index in [0.29, 0.717) is 6.04 Å². The molecule has 2 aliphatic rings. The van der Waals surface area contributed by atoms with E-state index in [1.807, 2.05) is 0 Å². The molecule has 0 aliphatic heterocycles. The third-order valence-electron chi connectivity index (χ3n) is 5.02. The van der Waals surface area contributed by atoms with E-state index in [0.717, 1.165) is 31.4 Å². The highest BCUT2D eigenvalue weighted by molar-refractivity contribution is 5.38. The Morgan fingerprint density at radius 2 is 2.10 bits per heavy atom. The molecule has 0 amide bonds. The highest BCUT2D eigenvalue weighted by Crippen LogP contribution is 2.32. The van der Waals surface area contributed by atoms with E-state index in [2.05, 4.69) is 23.5 Å². The Bertz CT molecular complexity index is 466. The second-order valence-electron chi connectivity index (χ2n) is 6.36. The topological polar surface area (TPSA) is 41.5 Å². The average Bonchev–Trinajstić information content (AvgIpc) is 2.95. The van der Waals surface area contributed by atoms with Crippen molar-refractivity contribution >= 4 is 0 Å². The highest BCUT2D eigenvalue weighted by Gasteiger charge is 2.35. The molecular weight excluding hydrogens is 250 g/mol. The summed E-state index contributed by atoms with van der Waals surface area (Å²) in [5.74, 6) is 0.946. The molecule has 1 saturated carbocycles. The summed E-state index contributed by atoms with van der Waals surface area (Å²) in [6, 6.07) is 6.91. The molecule has 1 aromatic carbocycles. The number of fused-ring (bicyclic) bond motifs is 1. The summed E-state index contributed by atoms with van der Waals surface area (Å²) in [6.45, 7) is 0.272. The second-order valence-corrected chi connectivity index (χ2v) is 6.36. The molecular formula is C17H25NO2. The van der Waals surface area contributed by atoms with Crippen LogP contribution in [0.1, 0.15) is 43.2 Å². The lowest BCUT2D eigenvalue weighted by molar-refractivity contribution is 0.147. The van der Waals surface area contributed by atoms with Crippen LogP contribution < -0.4 is 10.1 Å². The summed E-state index contributed by atoms with van der Waals surface area (Å²) >= 11 is 0. The minimum absolute atomic E-state index is 0.0129. The summed E-state index contributed by atoms with van der Waals surface area (Å²) in [5.41, 5.74) is 2.84. The number of ether oxygens (including phenoxy) is 1. The zero-order valence-corrected chi connectivity index (χ0v) is 12.3. The molecule has 0 spiro atoms. The molecule has 1 fully saturated rings. The van der Waals surface area contributed by atoms with E-state index in [9.17, 15) is 5.11 Å². The monoisotopic (exact) mass is 275 g/mol. The number of aliphatic hydroxyl groups is 1. The number of aliphatic hydroxyl groups excluding tert-OH is 1. The van der Waals surface area contributed by atoms with Crippen LogP contribution >= 0.6 is 0 Å². The van der Waals surface area contributed by atoms with Crippen LogP contribution in [-0.2, 0) is 12.8 Å². The maximum absolute atomic E-state index is 9.74. The number of hydrogen-bond acceptors (Lipinski definition) is 3. The lowest BCUT2D eigenvalue weighted by atomic mass is 9.86. The van der Waals surface area contributed by atoms with Gasteiger partial charge in [-0.15, -0.1) is 0 Å². The van der Waals surface area contributed by atoms with Gasteiger partial charge in [0.15, 0.2) is 0 Å². The van der Waals surface area contributed by atoms with Crippen molar-refractivity contribution in [2.45, 2.75) is 56.5 Å². The Morgan fingerprint density at radius 1 is 1.30 bits per heavy atom. The molecule has 1 unspecified atom stereocenters. The fraction of sp³-hybridized carbons (Fsp3) is 0.647. The molecule has 0 heterocycles. The third kappa shape index (κ3) is 2.70. The van der Waals surface area contributed by atoms with Crippen molar-refractivity contribution in [1.82, 2.24) is 5.32 Å². The molecule has 3 heteroatoms. The van der Waals surface area contributed by atoms with Crippen molar-refractivity contribution < 1.29 is 9.84 Å². The van der Waals surface area contributed by atoms with Crippen molar-refractivity contribution in [3.8, 4) is 5.75 Å². The van der Waals surface area contributed by atoms with E-state index < -0.39 is 0 Å². The van der Waals surface area contributed by atoms with Crippen molar-refractivity contribution in [2.75, 3.05) is 13.7 Å². The first-order chi connectivity index (χ1) is 9.74.